The van der Waals surface area contributed by atoms with Crippen molar-refractivity contribution in [2.45, 2.75) is 39.3 Å². The van der Waals surface area contributed by atoms with E-state index in [9.17, 15) is 14.7 Å². The van der Waals surface area contributed by atoms with Crippen LogP contribution in [0.2, 0.25) is 0 Å². The zero-order valence-corrected chi connectivity index (χ0v) is 17.8. The Morgan fingerprint density at radius 1 is 1.16 bits per heavy atom. The molecule has 2 N–H and O–H groups in total. The summed E-state index contributed by atoms with van der Waals surface area (Å²) in [6.45, 7) is 5.46. The van der Waals surface area contributed by atoms with E-state index in [0.717, 1.165) is 11.1 Å². The number of amides is 1. The molecule has 1 unspecified atom stereocenters. The van der Waals surface area contributed by atoms with Crippen LogP contribution in [0.15, 0.2) is 61.1 Å². The van der Waals surface area contributed by atoms with Gasteiger partial charge in [-0.05, 0) is 43.5 Å². The molecule has 0 saturated heterocycles. The minimum atomic E-state index is -0.880. The Labute approximate surface area is 181 Å². The summed E-state index contributed by atoms with van der Waals surface area (Å²) in [7, 11) is 0. The molecule has 3 aromatic rings. The highest BCUT2D eigenvalue weighted by molar-refractivity contribution is 5.96. The Bertz CT molecular complexity index is 1080. The maximum absolute atomic E-state index is 12.7. The zero-order valence-electron chi connectivity index (χ0n) is 17.8. The number of carbonyl (C=O) groups excluding carboxylic acids is 2. The molecule has 1 aromatic heterocycles. The third kappa shape index (κ3) is 5.52. The number of rotatable bonds is 8. The number of carbonyl (C=O) groups is 2. The maximum atomic E-state index is 12.7. The minimum absolute atomic E-state index is 0.0856. The van der Waals surface area contributed by atoms with Crippen LogP contribution >= 0.6 is 0 Å². The van der Waals surface area contributed by atoms with Crippen LogP contribution in [0.25, 0.3) is 0 Å². The van der Waals surface area contributed by atoms with Crippen molar-refractivity contribution in [2.24, 2.45) is 0 Å². The van der Waals surface area contributed by atoms with E-state index in [4.69, 9.17) is 4.74 Å². The smallest absolute Gasteiger partial charge is 0.258 e. The van der Waals surface area contributed by atoms with Crippen molar-refractivity contribution in [3.63, 3.8) is 0 Å². The number of nitrogens with zero attached hydrogens (tertiary/aromatic N) is 2. The summed E-state index contributed by atoms with van der Waals surface area (Å²) in [6.07, 6.45) is 3.28. The molecular weight excluding hydrogens is 394 g/mol. The van der Waals surface area contributed by atoms with Crippen molar-refractivity contribution in [1.29, 1.82) is 0 Å². The first-order valence-electron chi connectivity index (χ1n) is 9.99. The van der Waals surface area contributed by atoms with Crippen LogP contribution in [0, 0.1) is 0 Å². The summed E-state index contributed by atoms with van der Waals surface area (Å²) in [5, 5.41) is 13.2. The highest BCUT2D eigenvalue weighted by atomic mass is 16.5. The van der Waals surface area contributed by atoms with E-state index in [1.165, 1.54) is 19.4 Å². The number of aliphatic hydroxyl groups is 1. The van der Waals surface area contributed by atoms with Gasteiger partial charge in [-0.1, -0.05) is 43.3 Å². The number of aromatic nitrogens is 2. The summed E-state index contributed by atoms with van der Waals surface area (Å²) in [5.74, 6) is 0.0297. The number of benzene rings is 2. The highest BCUT2D eigenvalue weighted by Crippen LogP contribution is 2.25. The SMILES string of the molecule is CCC(C)(O)c1ccc(CNC(=O)c2cncnc2Oc2cccc(C(C)=O)c2)cc1. The molecule has 31 heavy (non-hydrogen) atoms. The minimum Gasteiger partial charge on any atom is -0.438 e. The molecule has 1 atom stereocenters. The predicted octanol–water partition coefficient (Wildman–Crippen LogP) is 4.02. The van der Waals surface area contributed by atoms with Crippen LogP contribution < -0.4 is 10.1 Å². The second-order valence-corrected chi connectivity index (χ2v) is 7.43. The van der Waals surface area contributed by atoms with E-state index >= 15 is 0 Å². The van der Waals surface area contributed by atoms with Gasteiger partial charge in [0.25, 0.3) is 5.91 Å². The number of nitrogens with one attached hydrogen (secondary N) is 1. The average molecular weight is 419 g/mol. The molecular formula is C24H25N3O4. The summed E-state index contributed by atoms with van der Waals surface area (Å²) < 4.78 is 5.75. The van der Waals surface area contributed by atoms with Crippen molar-refractivity contribution in [3.8, 4) is 11.6 Å². The van der Waals surface area contributed by atoms with Gasteiger partial charge in [0.15, 0.2) is 5.78 Å². The van der Waals surface area contributed by atoms with Gasteiger partial charge in [-0.25, -0.2) is 9.97 Å². The van der Waals surface area contributed by atoms with Gasteiger partial charge < -0.3 is 15.2 Å². The molecule has 0 radical (unpaired) electrons. The third-order valence-corrected chi connectivity index (χ3v) is 5.09. The molecule has 1 amide bonds. The van der Waals surface area contributed by atoms with Crippen LogP contribution in [0.4, 0.5) is 0 Å². The van der Waals surface area contributed by atoms with Gasteiger partial charge >= 0.3 is 0 Å². The largest absolute Gasteiger partial charge is 0.438 e. The van der Waals surface area contributed by atoms with Gasteiger partial charge in [0.2, 0.25) is 5.88 Å². The molecule has 1 heterocycles. The summed E-state index contributed by atoms with van der Waals surface area (Å²) >= 11 is 0. The lowest BCUT2D eigenvalue weighted by molar-refractivity contribution is 0.0530. The van der Waals surface area contributed by atoms with E-state index < -0.39 is 5.60 Å². The Hall–Kier alpha value is -3.58. The van der Waals surface area contributed by atoms with E-state index in [2.05, 4.69) is 15.3 Å². The fourth-order valence-electron chi connectivity index (χ4n) is 2.91. The van der Waals surface area contributed by atoms with Crippen molar-refractivity contribution in [1.82, 2.24) is 15.3 Å². The Balaban J connectivity index is 1.70. The van der Waals surface area contributed by atoms with E-state index in [1.54, 1.807) is 31.2 Å². The molecule has 160 valence electrons. The van der Waals surface area contributed by atoms with Crippen LogP contribution in [0.1, 0.15) is 59.0 Å². The topological polar surface area (TPSA) is 101 Å². The average Bonchev–Trinajstić information content (AvgIpc) is 2.78. The van der Waals surface area contributed by atoms with Crippen LogP contribution in [-0.2, 0) is 12.1 Å². The standard InChI is InChI=1S/C24H25N3O4/c1-4-24(3,30)19-10-8-17(9-11-19)13-26-22(29)21-14-25-15-27-23(21)31-20-7-5-6-18(12-20)16(2)28/h5-12,14-15,30H,4,13H2,1-3H3,(H,26,29). The molecule has 0 bridgehead atoms. The Kier molecular flexibility index (Phi) is 6.77. The second-order valence-electron chi connectivity index (χ2n) is 7.43. The molecule has 0 aliphatic carbocycles. The summed E-state index contributed by atoms with van der Waals surface area (Å²) in [6, 6.07) is 14.1. The monoisotopic (exact) mass is 419 g/mol. The van der Waals surface area contributed by atoms with E-state index in [0.29, 0.717) is 24.3 Å². The highest BCUT2D eigenvalue weighted by Gasteiger charge is 2.20. The molecule has 2 aromatic carbocycles. The van der Waals surface area contributed by atoms with E-state index in [-0.39, 0.29) is 23.1 Å². The molecule has 0 saturated carbocycles. The first kappa shape index (κ1) is 22.1. The van der Waals surface area contributed by atoms with E-state index in [1.807, 2.05) is 31.2 Å². The quantitative estimate of drug-likeness (QED) is 0.535. The second kappa shape index (κ2) is 9.49. The molecule has 0 spiro atoms. The first-order valence-corrected chi connectivity index (χ1v) is 9.99. The molecule has 7 nitrogen and oxygen atoms in total. The van der Waals surface area contributed by atoms with Gasteiger partial charge in [-0.2, -0.15) is 0 Å². The number of ketones is 1. The summed E-state index contributed by atoms with van der Waals surface area (Å²) in [4.78, 5) is 32.3. The molecule has 0 aliphatic heterocycles. The fourth-order valence-corrected chi connectivity index (χ4v) is 2.91. The zero-order chi connectivity index (χ0) is 22.4. The van der Waals surface area contributed by atoms with Gasteiger partial charge in [-0.3, -0.25) is 9.59 Å². The van der Waals surface area contributed by atoms with Crippen LogP contribution in [0.3, 0.4) is 0 Å². The molecule has 7 heteroatoms. The predicted molar refractivity (Wildman–Crippen MR) is 116 cm³/mol. The molecule has 0 fully saturated rings. The summed E-state index contributed by atoms with van der Waals surface area (Å²) in [5.41, 5.74) is 1.52. The van der Waals surface area contributed by atoms with Crippen LogP contribution in [-0.4, -0.2) is 26.8 Å². The lowest BCUT2D eigenvalue weighted by atomic mass is 9.93. The van der Waals surface area contributed by atoms with Gasteiger partial charge in [0.1, 0.15) is 17.6 Å². The Morgan fingerprint density at radius 3 is 2.58 bits per heavy atom. The first-order chi connectivity index (χ1) is 14.8. The molecule has 3 rings (SSSR count). The van der Waals surface area contributed by atoms with Gasteiger partial charge in [-0.15, -0.1) is 0 Å². The fraction of sp³-hybridized carbons (Fsp3) is 0.250. The normalized spacial score (nSPS) is 12.6. The lowest BCUT2D eigenvalue weighted by Gasteiger charge is -2.22. The lowest BCUT2D eigenvalue weighted by Crippen LogP contribution is -2.24. The number of hydrogen-bond acceptors (Lipinski definition) is 6. The van der Waals surface area contributed by atoms with Crippen LogP contribution in [0.5, 0.6) is 11.6 Å². The van der Waals surface area contributed by atoms with Crippen molar-refractivity contribution >= 4 is 11.7 Å². The van der Waals surface area contributed by atoms with Crippen molar-refractivity contribution < 1.29 is 19.4 Å². The number of Topliss-reactive ketones (excluding diaryl/α,β-unsaturated/α-hetero) is 1. The maximum Gasteiger partial charge on any atom is 0.258 e. The van der Waals surface area contributed by atoms with Crippen molar-refractivity contribution in [3.05, 3.63) is 83.3 Å². The Morgan fingerprint density at radius 2 is 1.90 bits per heavy atom. The van der Waals surface area contributed by atoms with Gasteiger partial charge in [0, 0.05) is 18.3 Å². The number of hydrogen-bond donors (Lipinski definition) is 2. The van der Waals surface area contributed by atoms with Crippen molar-refractivity contribution in [2.75, 3.05) is 0 Å². The molecule has 0 aliphatic rings. The number of ether oxygens (including phenoxy) is 1. The third-order valence-electron chi connectivity index (χ3n) is 5.09. The van der Waals surface area contributed by atoms with Gasteiger partial charge in [0.05, 0.1) is 5.60 Å².